The Bertz CT molecular complexity index is 534. The molecule has 1 heterocycles. The number of nitrogens with zero attached hydrogens (tertiary/aromatic N) is 1. The van der Waals surface area contributed by atoms with Gasteiger partial charge in [0.1, 0.15) is 0 Å². The fraction of sp³-hybridized carbons (Fsp3) is 0.154. The molecule has 1 aromatic carbocycles. The van der Waals surface area contributed by atoms with Gasteiger partial charge in [-0.3, -0.25) is 4.79 Å². The number of halogens is 1. The molecule has 1 aromatic heterocycles. The summed E-state index contributed by atoms with van der Waals surface area (Å²) in [5.74, 6) is -0.0707. The van der Waals surface area contributed by atoms with Crippen molar-refractivity contribution in [3.63, 3.8) is 0 Å². The van der Waals surface area contributed by atoms with E-state index in [1.165, 1.54) is 0 Å². The Hall–Kier alpha value is -1.55. The molecule has 0 bridgehead atoms. The smallest absolute Gasteiger partial charge is 0.252 e. The van der Waals surface area contributed by atoms with Gasteiger partial charge in [-0.2, -0.15) is 0 Å². The fourth-order valence-electron chi connectivity index (χ4n) is 1.59. The number of hydrogen-bond donors (Lipinski definition) is 1. The Labute approximate surface area is 109 Å². The molecule has 0 aliphatic rings. The molecule has 88 valence electrons. The van der Waals surface area contributed by atoms with Gasteiger partial charge in [-0.05, 0) is 40.2 Å². The zero-order valence-electron chi connectivity index (χ0n) is 9.48. The Balaban J connectivity index is 2.04. The molecule has 0 unspecified atom stereocenters. The third kappa shape index (κ3) is 2.77. The van der Waals surface area contributed by atoms with Crippen molar-refractivity contribution in [1.82, 2.24) is 9.88 Å². The quantitative estimate of drug-likeness (QED) is 0.927. The largest absolute Gasteiger partial charge is 0.353 e. The first kappa shape index (κ1) is 11.9. The van der Waals surface area contributed by atoms with Crippen LogP contribution in [0.1, 0.15) is 16.1 Å². The van der Waals surface area contributed by atoms with Gasteiger partial charge in [0.2, 0.25) is 0 Å². The summed E-state index contributed by atoms with van der Waals surface area (Å²) in [5, 5.41) is 2.89. The molecule has 2 aromatic rings. The summed E-state index contributed by atoms with van der Waals surface area (Å²) >= 11 is 3.36. The molecule has 0 saturated carbocycles. The molecule has 1 amide bonds. The minimum absolute atomic E-state index is 0.0707. The molecule has 0 aliphatic heterocycles. The van der Waals surface area contributed by atoms with E-state index in [4.69, 9.17) is 0 Å². The summed E-state index contributed by atoms with van der Waals surface area (Å²) in [6, 6.07) is 11.3. The van der Waals surface area contributed by atoms with Gasteiger partial charge in [-0.1, -0.05) is 12.1 Å². The molecule has 17 heavy (non-hydrogen) atoms. The Kier molecular flexibility index (Phi) is 3.64. The zero-order chi connectivity index (χ0) is 12.3. The first-order valence-electron chi connectivity index (χ1n) is 5.31. The normalized spacial score (nSPS) is 10.2. The highest BCUT2D eigenvalue weighted by atomic mass is 79.9. The van der Waals surface area contributed by atoms with Crippen molar-refractivity contribution in [3.8, 4) is 0 Å². The van der Waals surface area contributed by atoms with E-state index in [0.29, 0.717) is 12.1 Å². The summed E-state index contributed by atoms with van der Waals surface area (Å²) in [4.78, 5) is 11.9. The predicted molar refractivity (Wildman–Crippen MR) is 70.7 cm³/mol. The molecule has 0 atom stereocenters. The molecule has 3 nitrogen and oxygen atoms in total. The van der Waals surface area contributed by atoms with E-state index in [-0.39, 0.29) is 5.91 Å². The van der Waals surface area contributed by atoms with Gasteiger partial charge in [-0.15, -0.1) is 0 Å². The highest BCUT2D eigenvalue weighted by Gasteiger charge is 2.08. The average Bonchev–Trinajstić information content (AvgIpc) is 2.72. The van der Waals surface area contributed by atoms with Crippen molar-refractivity contribution >= 4 is 21.8 Å². The van der Waals surface area contributed by atoms with Crippen molar-refractivity contribution in [1.29, 1.82) is 0 Å². The van der Waals surface area contributed by atoms with Gasteiger partial charge in [-0.25, -0.2) is 0 Å². The number of carbonyl (C=O) groups is 1. The molecular weight excluding hydrogens is 280 g/mol. The number of carbonyl (C=O) groups excluding carboxylic acids is 1. The van der Waals surface area contributed by atoms with Gasteiger partial charge < -0.3 is 9.88 Å². The van der Waals surface area contributed by atoms with Crippen LogP contribution in [0.25, 0.3) is 0 Å². The maximum atomic E-state index is 11.9. The Morgan fingerprint density at radius 1 is 1.29 bits per heavy atom. The average molecular weight is 293 g/mol. The first-order chi connectivity index (χ1) is 8.18. The number of hydrogen-bond acceptors (Lipinski definition) is 1. The standard InChI is InChI=1S/C13H13BrN2O/c1-16-8-4-5-10(16)9-15-13(17)11-6-2-3-7-12(11)14/h2-8H,9H2,1H3,(H,15,17). The summed E-state index contributed by atoms with van der Waals surface area (Å²) in [7, 11) is 1.96. The lowest BCUT2D eigenvalue weighted by molar-refractivity contribution is 0.0949. The maximum Gasteiger partial charge on any atom is 0.252 e. The molecule has 0 saturated heterocycles. The summed E-state index contributed by atoms with van der Waals surface area (Å²) in [6.45, 7) is 0.531. The van der Waals surface area contributed by atoms with E-state index in [0.717, 1.165) is 10.2 Å². The number of aromatic nitrogens is 1. The molecule has 0 spiro atoms. The van der Waals surface area contributed by atoms with Crippen molar-refractivity contribution < 1.29 is 4.79 Å². The number of nitrogens with one attached hydrogen (secondary N) is 1. The highest BCUT2D eigenvalue weighted by molar-refractivity contribution is 9.10. The Morgan fingerprint density at radius 3 is 2.71 bits per heavy atom. The number of rotatable bonds is 3. The van der Waals surface area contributed by atoms with Crippen LogP contribution in [-0.4, -0.2) is 10.5 Å². The summed E-state index contributed by atoms with van der Waals surface area (Å²) in [6.07, 6.45) is 1.96. The van der Waals surface area contributed by atoms with E-state index in [9.17, 15) is 4.79 Å². The molecule has 0 fully saturated rings. The van der Waals surface area contributed by atoms with Crippen LogP contribution in [0.4, 0.5) is 0 Å². The van der Waals surface area contributed by atoms with Crippen LogP contribution < -0.4 is 5.32 Å². The topological polar surface area (TPSA) is 34.0 Å². The van der Waals surface area contributed by atoms with Gasteiger partial charge in [0.05, 0.1) is 12.1 Å². The molecule has 4 heteroatoms. The fourth-order valence-corrected chi connectivity index (χ4v) is 2.06. The Morgan fingerprint density at radius 2 is 2.06 bits per heavy atom. The van der Waals surface area contributed by atoms with Crippen LogP contribution >= 0.6 is 15.9 Å². The lowest BCUT2D eigenvalue weighted by Crippen LogP contribution is -2.24. The van der Waals surface area contributed by atoms with Crippen LogP contribution in [-0.2, 0) is 13.6 Å². The molecule has 1 N–H and O–H groups in total. The first-order valence-corrected chi connectivity index (χ1v) is 6.10. The van der Waals surface area contributed by atoms with Crippen LogP contribution in [0.3, 0.4) is 0 Å². The van der Waals surface area contributed by atoms with Crippen LogP contribution in [0.2, 0.25) is 0 Å². The van der Waals surface area contributed by atoms with Crippen molar-refractivity contribution in [2.24, 2.45) is 7.05 Å². The van der Waals surface area contributed by atoms with E-state index in [2.05, 4.69) is 21.2 Å². The van der Waals surface area contributed by atoms with E-state index < -0.39 is 0 Å². The van der Waals surface area contributed by atoms with Gasteiger partial charge >= 0.3 is 0 Å². The maximum absolute atomic E-state index is 11.9. The van der Waals surface area contributed by atoms with Gasteiger partial charge in [0.15, 0.2) is 0 Å². The molecule has 2 rings (SSSR count). The van der Waals surface area contributed by atoms with Crippen LogP contribution in [0.5, 0.6) is 0 Å². The lowest BCUT2D eigenvalue weighted by atomic mass is 10.2. The highest BCUT2D eigenvalue weighted by Crippen LogP contribution is 2.15. The minimum atomic E-state index is -0.0707. The van der Waals surface area contributed by atoms with Crippen molar-refractivity contribution in [2.45, 2.75) is 6.54 Å². The monoisotopic (exact) mass is 292 g/mol. The van der Waals surface area contributed by atoms with Gasteiger partial charge in [0, 0.05) is 23.4 Å². The van der Waals surface area contributed by atoms with Crippen molar-refractivity contribution in [3.05, 3.63) is 58.3 Å². The van der Waals surface area contributed by atoms with E-state index in [1.54, 1.807) is 6.07 Å². The molecule has 0 radical (unpaired) electrons. The third-order valence-corrected chi connectivity index (χ3v) is 3.29. The van der Waals surface area contributed by atoms with E-state index >= 15 is 0 Å². The van der Waals surface area contributed by atoms with Crippen LogP contribution in [0.15, 0.2) is 47.1 Å². The second-order valence-corrected chi connectivity index (χ2v) is 4.63. The number of aryl methyl sites for hydroxylation is 1. The minimum Gasteiger partial charge on any atom is -0.353 e. The van der Waals surface area contributed by atoms with E-state index in [1.807, 2.05) is 48.1 Å². The summed E-state index contributed by atoms with van der Waals surface area (Å²) in [5.41, 5.74) is 1.73. The van der Waals surface area contributed by atoms with Crippen LogP contribution in [0, 0.1) is 0 Å². The molecular formula is C13H13BrN2O. The van der Waals surface area contributed by atoms with Crippen molar-refractivity contribution in [2.75, 3.05) is 0 Å². The predicted octanol–water partition coefficient (Wildman–Crippen LogP) is 2.72. The second kappa shape index (κ2) is 5.19. The number of benzene rings is 1. The van der Waals surface area contributed by atoms with Gasteiger partial charge in [0.25, 0.3) is 5.91 Å². The SMILES string of the molecule is Cn1cccc1CNC(=O)c1ccccc1Br. The third-order valence-electron chi connectivity index (χ3n) is 2.60. The molecule has 0 aliphatic carbocycles. The second-order valence-electron chi connectivity index (χ2n) is 3.77. The zero-order valence-corrected chi connectivity index (χ0v) is 11.1. The number of amides is 1. The summed E-state index contributed by atoms with van der Waals surface area (Å²) < 4.78 is 2.80. The lowest BCUT2D eigenvalue weighted by Gasteiger charge is -2.07.